The van der Waals surface area contributed by atoms with Crippen LogP contribution in [0.1, 0.15) is 12.0 Å². The molecule has 1 aromatic carbocycles. The summed E-state index contributed by atoms with van der Waals surface area (Å²) < 4.78 is 1.07. The lowest BCUT2D eigenvalue weighted by molar-refractivity contribution is -0.136. The van der Waals surface area contributed by atoms with E-state index in [1.807, 2.05) is 12.1 Å². The molecule has 1 N–H and O–H groups in total. The minimum atomic E-state index is -0.138. The van der Waals surface area contributed by atoms with E-state index in [1.165, 1.54) is 5.56 Å². The quantitative estimate of drug-likeness (QED) is 0.857. The van der Waals surface area contributed by atoms with Crippen LogP contribution in [0.2, 0.25) is 0 Å². The number of hydrogen-bond donors (Lipinski definition) is 1. The first-order valence-electron chi connectivity index (χ1n) is 7.54. The van der Waals surface area contributed by atoms with Gasteiger partial charge in [0, 0.05) is 37.2 Å². The van der Waals surface area contributed by atoms with Gasteiger partial charge in [-0.05, 0) is 24.1 Å². The van der Waals surface area contributed by atoms with Gasteiger partial charge in [0.15, 0.2) is 0 Å². The van der Waals surface area contributed by atoms with Crippen LogP contribution in [0, 0.1) is 5.92 Å². The molecule has 0 saturated carbocycles. The van der Waals surface area contributed by atoms with Crippen molar-refractivity contribution in [3.63, 3.8) is 0 Å². The van der Waals surface area contributed by atoms with Gasteiger partial charge in [-0.1, -0.05) is 28.1 Å². The highest BCUT2D eigenvalue weighted by molar-refractivity contribution is 9.10. The minimum Gasteiger partial charge on any atom is -0.351 e. The number of likely N-dealkylation sites (tertiary alicyclic amines) is 1. The van der Waals surface area contributed by atoms with Gasteiger partial charge in [0.1, 0.15) is 0 Å². The molecule has 1 aromatic rings. The molecule has 3 rings (SSSR count). The van der Waals surface area contributed by atoms with Crippen molar-refractivity contribution in [3.8, 4) is 0 Å². The lowest BCUT2D eigenvalue weighted by atomic mass is 9.91. The Morgan fingerprint density at radius 3 is 2.73 bits per heavy atom. The average Bonchev–Trinajstić information content (AvgIpc) is 2.59. The van der Waals surface area contributed by atoms with Gasteiger partial charge in [-0.3, -0.25) is 14.5 Å². The van der Waals surface area contributed by atoms with Crippen LogP contribution in [0.4, 0.5) is 0 Å². The largest absolute Gasteiger partial charge is 0.351 e. The van der Waals surface area contributed by atoms with Gasteiger partial charge >= 0.3 is 0 Å². The van der Waals surface area contributed by atoms with Gasteiger partial charge in [0.2, 0.25) is 11.8 Å². The number of fused-ring (bicyclic) bond motifs is 1. The van der Waals surface area contributed by atoms with Gasteiger partial charge in [-0.25, -0.2) is 0 Å². The Hall–Kier alpha value is -1.40. The van der Waals surface area contributed by atoms with Crippen molar-refractivity contribution in [2.24, 2.45) is 5.92 Å². The van der Waals surface area contributed by atoms with Crippen LogP contribution in [0.3, 0.4) is 0 Å². The monoisotopic (exact) mass is 365 g/mol. The molecule has 22 heavy (non-hydrogen) atoms. The summed E-state index contributed by atoms with van der Waals surface area (Å²) in [7, 11) is 1.71. The lowest BCUT2D eigenvalue weighted by Crippen LogP contribution is -2.52. The maximum absolute atomic E-state index is 12.5. The summed E-state index contributed by atoms with van der Waals surface area (Å²) in [5, 5.41) is 3.00. The normalized spacial score (nSPS) is 26.4. The summed E-state index contributed by atoms with van der Waals surface area (Å²) >= 11 is 3.44. The van der Waals surface area contributed by atoms with Crippen molar-refractivity contribution in [1.82, 2.24) is 15.1 Å². The second-order valence-electron chi connectivity index (χ2n) is 6.13. The van der Waals surface area contributed by atoms with E-state index in [-0.39, 0.29) is 30.3 Å². The molecule has 0 radical (unpaired) electrons. The summed E-state index contributed by atoms with van der Waals surface area (Å²) in [5.41, 5.74) is 1.24. The third kappa shape index (κ3) is 3.33. The van der Waals surface area contributed by atoms with E-state index in [0.29, 0.717) is 6.54 Å². The van der Waals surface area contributed by atoms with Crippen molar-refractivity contribution in [2.75, 3.05) is 26.7 Å². The second kappa shape index (κ2) is 6.38. The molecule has 6 heteroatoms. The zero-order valence-corrected chi connectivity index (χ0v) is 14.2. The van der Waals surface area contributed by atoms with Crippen molar-refractivity contribution < 1.29 is 9.59 Å². The molecule has 5 nitrogen and oxygen atoms in total. The number of hydrogen-bond acceptors (Lipinski definition) is 3. The highest BCUT2D eigenvalue weighted by Gasteiger charge is 2.39. The molecule has 0 spiro atoms. The van der Waals surface area contributed by atoms with E-state index in [0.717, 1.165) is 24.0 Å². The minimum absolute atomic E-state index is 0.0221. The zero-order valence-electron chi connectivity index (χ0n) is 12.6. The SMILES string of the molecule is CN1CC(=O)N[C@@H]2CCN(Cc3ccc(Br)cc3)C[C@@H]2C1=O. The van der Waals surface area contributed by atoms with Crippen LogP contribution in [0.15, 0.2) is 28.7 Å². The molecule has 2 atom stereocenters. The van der Waals surface area contributed by atoms with Crippen molar-refractivity contribution in [2.45, 2.75) is 19.0 Å². The van der Waals surface area contributed by atoms with E-state index in [1.54, 1.807) is 11.9 Å². The Morgan fingerprint density at radius 2 is 2.00 bits per heavy atom. The fourth-order valence-electron chi connectivity index (χ4n) is 3.26. The molecular weight excluding hydrogens is 346 g/mol. The molecule has 2 amide bonds. The smallest absolute Gasteiger partial charge is 0.239 e. The van der Waals surface area contributed by atoms with Gasteiger partial charge in [-0.2, -0.15) is 0 Å². The topological polar surface area (TPSA) is 52.7 Å². The standard InChI is InChI=1S/C16H20BrN3O2/c1-19-10-15(21)18-14-6-7-20(9-13(14)16(19)22)8-11-2-4-12(17)5-3-11/h2-5,13-14H,6-10H2,1H3,(H,18,21)/t13-,14+/m0/s1. The maximum Gasteiger partial charge on any atom is 0.239 e. The number of carbonyl (C=O) groups excluding carboxylic acids is 2. The van der Waals surface area contributed by atoms with Crippen molar-refractivity contribution in [3.05, 3.63) is 34.3 Å². The molecule has 2 heterocycles. The zero-order chi connectivity index (χ0) is 15.7. The highest BCUT2D eigenvalue weighted by atomic mass is 79.9. The van der Waals surface area contributed by atoms with Gasteiger partial charge < -0.3 is 10.2 Å². The van der Waals surface area contributed by atoms with Crippen LogP contribution < -0.4 is 5.32 Å². The molecular formula is C16H20BrN3O2. The fraction of sp³-hybridized carbons (Fsp3) is 0.500. The first kappa shape index (κ1) is 15.5. The number of carbonyl (C=O) groups is 2. The van der Waals surface area contributed by atoms with E-state index < -0.39 is 0 Å². The van der Waals surface area contributed by atoms with Gasteiger partial charge in [0.25, 0.3) is 0 Å². The molecule has 118 valence electrons. The lowest BCUT2D eigenvalue weighted by Gasteiger charge is -2.37. The van der Waals surface area contributed by atoms with Crippen molar-refractivity contribution >= 4 is 27.7 Å². The van der Waals surface area contributed by atoms with E-state index in [2.05, 4.69) is 38.3 Å². The van der Waals surface area contributed by atoms with Crippen LogP contribution in [0.25, 0.3) is 0 Å². The maximum atomic E-state index is 12.5. The number of piperidine rings is 1. The Bertz CT molecular complexity index is 575. The van der Waals surface area contributed by atoms with Crippen molar-refractivity contribution in [1.29, 1.82) is 0 Å². The Balaban J connectivity index is 1.69. The molecule has 2 saturated heterocycles. The molecule has 0 aromatic heterocycles. The fourth-order valence-corrected chi connectivity index (χ4v) is 3.53. The Morgan fingerprint density at radius 1 is 1.27 bits per heavy atom. The number of amides is 2. The van der Waals surface area contributed by atoms with Gasteiger partial charge in [0.05, 0.1) is 12.5 Å². The summed E-state index contributed by atoms with van der Waals surface area (Å²) in [4.78, 5) is 28.1. The third-order valence-corrected chi connectivity index (χ3v) is 4.97. The van der Waals surface area contributed by atoms with Crippen LogP contribution in [-0.4, -0.2) is 54.3 Å². The van der Waals surface area contributed by atoms with Crippen LogP contribution in [-0.2, 0) is 16.1 Å². The van der Waals surface area contributed by atoms with E-state index in [9.17, 15) is 9.59 Å². The highest BCUT2D eigenvalue weighted by Crippen LogP contribution is 2.23. The predicted molar refractivity (Wildman–Crippen MR) is 87.1 cm³/mol. The van der Waals surface area contributed by atoms with Crippen LogP contribution in [0.5, 0.6) is 0 Å². The van der Waals surface area contributed by atoms with E-state index >= 15 is 0 Å². The molecule has 0 unspecified atom stereocenters. The first-order valence-corrected chi connectivity index (χ1v) is 8.33. The summed E-state index contributed by atoms with van der Waals surface area (Å²) in [6.45, 7) is 2.60. The molecule has 2 aliphatic heterocycles. The number of likely N-dealkylation sites (N-methyl/N-ethyl adjacent to an activating group) is 1. The van der Waals surface area contributed by atoms with Gasteiger partial charge in [-0.15, -0.1) is 0 Å². The summed E-state index contributed by atoms with van der Waals surface area (Å²) in [6.07, 6.45) is 0.826. The molecule has 2 fully saturated rings. The Labute approximate surface area is 138 Å². The Kier molecular flexibility index (Phi) is 4.49. The first-order chi connectivity index (χ1) is 10.5. The average molecular weight is 366 g/mol. The molecule has 2 aliphatic rings. The number of nitrogens with zero attached hydrogens (tertiary/aromatic N) is 2. The third-order valence-electron chi connectivity index (χ3n) is 4.44. The second-order valence-corrected chi connectivity index (χ2v) is 7.04. The number of benzene rings is 1. The summed E-state index contributed by atoms with van der Waals surface area (Å²) in [5.74, 6) is -0.116. The number of halogens is 1. The molecule has 0 aliphatic carbocycles. The van der Waals surface area contributed by atoms with E-state index in [4.69, 9.17) is 0 Å². The number of nitrogens with one attached hydrogen (secondary N) is 1. The number of rotatable bonds is 2. The summed E-state index contributed by atoms with van der Waals surface area (Å²) in [6, 6.07) is 8.24. The predicted octanol–water partition coefficient (Wildman–Crippen LogP) is 1.23. The molecule has 0 bridgehead atoms. The van der Waals surface area contributed by atoms with Crippen LogP contribution >= 0.6 is 15.9 Å².